The van der Waals surface area contributed by atoms with E-state index < -0.39 is 0 Å². The number of carbonyl (C=O) groups is 1. The third-order valence-corrected chi connectivity index (χ3v) is 6.13. The number of aliphatic imine (C=N–C) groups is 1. The summed E-state index contributed by atoms with van der Waals surface area (Å²) in [4.78, 5) is 25.7. The van der Waals surface area contributed by atoms with E-state index in [1.165, 1.54) is 5.56 Å². The van der Waals surface area contributed by atoms with Gasteiger partial charge in [0.25, 0.3) is 0 Å². The Balaban J connectivity index is 1.49. The summed E-state index contributed by atoms with van der Waals surface area (Å²) < 4.78 is 0. The summed E-state index contributed by atoms with van der Waals surface area (Å²) in [6, 6.07) is 9.32. The number of nitrogens with zero attached hydrogens (tertiary/aromatic N) is 3. The second-order valence-corrected chi connectivity index (χ2v) is 7.97. The van der Waals surface area contributed by atoms with Crippen molar-refractivity contribution in [3.8, 4) is 0 Å². The number of hydrogen-bond acceptors (Lipinski definition) is 6. The standard InChI is InChI=1S/C20H18N4OS2/c25-19(18-13-27-20(24-18)15-3-7-21-8-4-15)23-17(10-14-5-9-26-12-14)16-2-1-6-22-11-16/h1-9,11-12,17-18H,10,13H2,(H,23,25)/t17-,18-/m1/s1. The summed E-state index contributed by atoms with van der Waals surface area (Å²) in [5.74, 6) is 0.609. The maximum atomic E-state index is 12.9. The third-order valence-electron chi connectivity index (χ3n) is 4.30. The smallest absolute Gasteiger partial charge is 0.246 e. The average molecular weight is 395 g/mol. The fraction of sp³-hybridized carbons (Fsp3) is 0.200. The lowest BCUT2D eigenvalue weighted by Gasteiger charge is -2.20. The molecule has 5 nitrogen and oxygen atoms in total. The Hall–Kier alpha value is -2.51. The minimum Gasteiger partial charge on any atom is -0.347 e. The second-order valence-electron chi connectivity index (χ2n) is 6.18. The maximum Gasteiger partial charge on any atom is 0.246 e. The van der Waals surface area contributed by atoms with Gasteiger partial charge in [0.15, 0.2) is 0 Å². The van der Waals surface area contributed by atoms with Crippen molar-refractivity contribution in [3.63, 3.8) is 0 Å². The Morgan fingerprint density at radius 3 is 2.81 bits per heavy atom. The monoisotopic (exact) mass is 394 g/mol. The minimum absolute atomic E-state index is 0.0457. The lowest BCUT2D eigenvalue weighted by molar-refractivity contribution is -0.122. The first-order valence-corrected chi connectivity index (χ1v) is 10.5. The fourth-order valence-corrected chi connectivity index (χ4v) is 4.64. The van der Waals surface area contributed by atoms with Crippen molar-refractivity contribution in [1.82, 2.24) is 15.3 Å². The summed E-state index contributed by atoms with van der Waals surface area (Å²) in [5.41, 5.74) is 3.21. The Labute approximate surface area is 166 Å². The summed E-state index contributed by atoms with van der Waals surface area (Å²) in [5, 5.41) is 8.24. The molecule has 0 saturated carbocycles. The zero-order chi connectivity index (χ0) is 18.5. The third kappa shape index (κ3) is 4.43. The van der Waals surface area contributed by atoms with E-state index in [0.29, 0.717) is 5.75 Å². The van der Waals surface area contributed by atoms with E-state index in [-0.39, 0.29) is 18.0 Å². The topological polar surface area (TPSA) is 67.2 Å². The average Bonchev–Trinajstić information content (AvgIpc) is 3.41. The highest BCUT2D eigenvalue weighted by atomic mass is 32.2. The Kier molecular flexibility index (Phi) is 5.60. The Bertz CT molecular complexity index is 914. The van der Waals surface area contributed by atoms with Gasteiger partial charge in [-0.1, -0.05) is 6.07 Å². The molecular weight excluding hydrogens is 376 g/mol. The van der Waals surface area contributed by atoms with Crippen molar-refractivity contribution < 1.29 is 4.79 Å². The first-order valence-electron chi connectivity index (χ1n) is 8.62. The summed E-state index contributed by atoms with van der Waals surface area (Å²) >= 11 is 3.27. The van der Waals surface area contributed by atoms with Crippen LogP contribution in [0.5, 0.6) is 0 Å². The van der Waals surface area contributed by atoms with Gasteiger partial charge in [-0.3, -0.25) is 19.8 Å². The summed E-state index contributed by atoms with van der Waals surface area (Å²) in [7, 11) is 0. The van der Waals surface area contributed by atoms with Gasteiger partial charge in [-0.05, 0) is 52.6 Å². The number of carbonyl (C=O) groups excluding carboxylic acids is 1. The van der Waals surface area contributed by atoms with Crippen LogP contribution in [0.4, 0.5) is 0 Å². The first kappa shape index (κ1) is 17.9. The molecule has 3 aromatic heterocycles. The molecule has 0 fully saturated rings. The molecule has 1 amide bonds. The molecule has 2 atom stereocenters. The van der Waals surface area contributed by atoms with E-state index in [4.69, 9.17) is 0 Å². The van der Waals surface area contributed by atoms with Crippen LogP contribution in [0.1, 0.15) is 22.7 Å². The van der Waals surface area contributed by atoms with E-state index in [9.17, 15) is 4.79 Å². The molecule has 0 bridgehead atoms. The van der Waals surface area contributed by atoms with E-state index >= 15 is 0 Å². The SMILES string of the molecule is O=C(N[C@H](Cc1ccsc1)c1cccnc1)[C@H]1CSC(c2ccncc2)=N1. The molecule has 0 radical (unpaired) electrons. The van der Waals surface area contributed by atoms with E-state index in [1.807, 2.05) is 30.5 Å². The highest BCUT2D eigenvalue weighted by molar-refractivity contribution is 8.14. The number of aromatic nitrogens is 2. The molecular formula is C20H18N4OS2. The van der Waals surface area contributed by atoms with Crippen molar-refractivity contribution in [2.24, 2.45) is 4.99 Å². The lowest BCUT2D eigenvalue weighted by atomic mass is 10.0. The van der Waals surface area contributed by atoms with E-state index in [1.54, 1.807) is 41.7 Å². The van der Waals surface area contributed by atoms with Crippen LogP contribution in [0.25, 0.3) is 0 Å². The minimum atomic E-state index is -0.375. The number of thiophene rings is 1. The van der Waals surface area contributed by atoms with Gasteiger partial charge in [-0.15, -0.1) is 11.8 Å². The largest absolute Gasteiger partial charge is 0.347 e. The number of pyridine rings is 2. The predicted octanol–water partition coefficient (Wildman–Crippen LogP) is 3.50. The lowest BCUT2D eigenvalue weighted by Crippen LogP contribution is -2.37. The molecule has 0 saturated heterocycles. The van der Waals surface area contributed by atoms with Crippen LogP contribution in [0.15, 0.2) is 70.9 Å². The molecule has 0 unspecified atom stereocenters. The molecule has 4 rings (SSSR count). The van der Waals surface area contributed by atoms with Crippen LogP contribution < -0.4 is 5.32 Å². The van der Waals surface area contributed by atoms with Gasteiger partial charge in [0.1, 0.15) is 6.04 Å². The number of amides is 1. The van der Waals surface area contributed by atoms with Gasteiger partial charge >= 0.3 is 0 Å². The van der Waals surface area contributed by atoms with E-state index in [0.717, 1.165) is 22.6 Å². The zero-order valence-corrected chi connectivity index (χ0v) is 16.1. The summed E-state index contributed by atoms with van der Waals surface area (Å²) in [6.07, 6.45) is 7.77. The molecule has 1 aliphatic rings. The highest BCUT2D eigenvalue weighted by Gasteiger charge is 2.28. The van der Waals surface area contributed by atoms with Crippen LogP contribution in [-0.4, -0.2) is 32.7 Å². The number of nitrogens with one attached hydrogen (secondary N) is 1. The molecule has 3 aromatic rings. The zero-order valence-electron chi connectivity index (χ0n) is 14.5. The van der Waals surface area contributed by atoms with Crippen molar-refractivity contribution >= 4 is 34.0 Å². The molecule has 0 spiro atoms. The molecule has 4 heterocycles. The van der Waals surface area contributed by atoms with Gasteiger partial charge in [0.05, 0.1) is 11.1 Å². The number of hydrogen-bond donors (Lipinski definition) is 1. The maximum absolute atomic E-state index is 12.9. The van der Waals surface area contributed by atoms with Crippen molar-refractivity contribution in [3.05, 3.63) is 82.6 Å². The molecule has 0 aromatic carbocycles. The van der Waals surface area contributed by atoms with Crippen LogP contribution >= 0.6 is 23.1 Å². The van der Waals surface area contributed by atoms with Crippen LogP contribution in [0.3, 0.4) is 0 Å². The van der Waals surface area contributed by atoms with Gasteiger partial charge in [-0.25, -0.2) is 0 Å². The van der Waals surface area contributed by atoms with Crippen molar-refractivity contribution in [2.45, 2.75) is 18.5 Å². The van der Waals surface area contributed by atoms with E-state index in [2.05, 4.69) is 37.1 Å². The Morgan fingerprint density at radius 1 is 1.19 bits per heavy atom. The van der Waals surface area contributed by atoms with Crippen molar-refractivity contribution in [1.29, 1.82) is 0 Å². The van der Waals surface area contributed by atoms with Gasteiger partial charge in [0, 0.05) is 36.1 Å². The number of rotatable bonds is 6. The molecule has 1 aliphatic heterocycles. The molecule has 0 aliphatic carbocycles. The quantitative estimate of drug-likeness (QED) is 0.695. The molecule has 7 heteroatoms. The molecule has 27 heavy (non-hydrogen) atoms. The fourth-order valence-electron chi connectivity index (χ4n) is 2.91. The van der Waals surface area contributed by atoms with Crippen LogP contribution in [0, 0.1) is 0 Å². The van der Waals surface area contributed by atoms with Crippen LogP contribution in [-0.2, 0) is 11.2 Å². The molecule has 1 N–H and O–H groups in total. The number of thioether (sulfide) groups is 1. The van der Waals surface area contributed by atoms with Crippen molar-refractivity contribution in [2.75, 3.05) is 5.75 Å². The second kappa shape index (κ2) is 8.45. The van der Waals surface area contributed by atoms with Gasteiger partial charge < -0.3 is 5.32 Å². The predicted molar refractivity (Wildman–Crippen MR) is 110 cm³/mol. The highest BCUT2D eigenvalue weighted by Crippen LogP contribution is 2.25. The van der Waals surface area contributed by atoms with Crippen LogP contribution in [0.2, 0.25) is 0 Å². The molecule has 136 valence electrons. The normalized spacial score (nSPS) is 17.3. The Morgan fingerprint density at radius 2 is 2.07 bits per heavy atom. The first-order chi connectivity index (χ1) is 13.3. The van der Waals surface area contributed by atoms with Gasteiger partial charge in [0.2, 0.25) is 5.91 Å². The summed E-state index contributed by atoms with van der Waals surface area (Å²) in [6.45, 7) is 0. The van der Waals surface area contributed by atoms with Gasteiger partial charge in [-0.2, -0.15) is 11.3 Å².